The molecule has 0 spiro atoms. The molecule has 0 aliphatic heterocycles. The summed E-state index contributed by atoms with van der Waals surface area (Å²) in [5, 5.41) is 0. The molecule has 14 heavy (non-hydrogen) atoms. The molecule has 1 aliphatic rings. The highest BCUT2D eigenvalue weighted by molar-refractivity contribution is 9.10. The molecule has 1 nitrogen and oxygen atoms in total. The number of hydrogen-bond acceptors (Lipinski definition) is 1. The van der Waals surface area contributed by atoms with E-state index in [-0.39, 0.29) is 5.83 Å². The van der Waals surface area contributed by atoms with Crippen molar-refractivity contribution in [2.45, 2.75) is 11.2 Å². The lowest BCUT2D eigenvalue weighted by Gasteiger charge is -2.09. The van der Waals surface area contributed by atoms with Crippen molar-refractivity contribution in [1.82, 2.24) is 4.98 Å². The normalized spacial score (nSPS) is 25.2. The van der Waals surface area contributed by atoms with Crippen LogP contribution in [0.5, 0.6) is 0 Å². The van der Waals surface area contributed by atoms with Crippen LogP contribution in [0.3, 0.4) is 0 Å². The van der Waals surface area contributed by atoms with Crippen LogP contribution in [-0.4, -0.2) is 9.31 Å². The number of aromatic nitrogens is 1. The Labute approximate surface area is 90.5 Å². The summed E-state index contributed by atoms with van der Waals surface area (Å²) >= 11 is 3.41. The second-order valence-corrected chi connectivity index (χ2v) is 5.13. The molecule has 1 heterocycles. The Morgan fingerprint density at radius 3 is 3.07 bits per heavy atom. The van der Waals surface area contributed by atoms with Crippen molar-refractivity contribution in [3.63, 3.8) is 0 Å². The van der Waals surface area contributed by atoms with E-state index in [4.69, 9.17) is 0 Å². The number of halogens is 2. The third kappa shape index (κ3) is 1.77. The number of nitrogens with zero attached hydrogens (tertiary/aromatic N) is 1. The molecule has 0 saturated heterocycles. The number of hydrogen-bond donors (Lipinski definition) is 0. The van der Waals surface area contributed by atoms with Crippen LogP contribution in [0, 0.1) is 0 Å². The quantitative estimate of drug-likeness (QED) is 0.645. The third-order valence-corrected chi connectivity index (χ3v) is 2.56. The zero-order chi connectivity index (χ0) is 10.2. The average molecular weight is 254 g/mol. The van der Waals surface area contributed by atoms with Gasteiger partial charge in [0.05, 0.1) is 4.32 Å². The minimum atomic E-state index is -0.433. The van der Waals surface area contributed by atoms with Crippen molar-refractivity contribution in [3.8, 4) is 0 Å². The lowest BCUT2D eigenvalue weighted by Crippen LogP contribution is -2.05. The highest BCUT2D eigenvalue weighted by Crippen LogP contribution is 2.32. The Balaban J connectivity index is 2.62. The van der Waals surface area contributed by atoms with Gasteiger partial charge in [0.2, 0.25) is 0 Å². The van der Waals surface area contributed by atoms with E-state index < -0.39 is 4.32 Å². The molecule has 3 heteroatoms. The molecule has 1 unspecified atom stereocenters. The van der Waals surface area contributed by atoms with E-state index in [2.05, 4.69) is 20.9 Å². The third-order valence-electron chi connectivity index (χ3n) is 2.06. The van der Waals surface area contributed by atoms with Crippen LogP contribution in [0.2, 0.25) is 0 Å². The molecule has 72 valence electrons. The second kappa shape index (κ2) is 3.31. The fourth-order valence-corrected chi connectivity index (χ4v) is 1.70. The van der Waals surface area contributed by atoms with E-state index in [9.17, 15) is 4.39 Å². The largest absolute Gasteiger partial charge is 0.253 e. The zero-order valence-corrected chi connectivity index (χ0v) is 9.25. The van der Waals surface area contributed by atoms with E-state index in [1.165, 1.54) is 6.08 Å². The number of rotatable bonds is 0. The molecule has 1 aliphatic carbocycles. The summed E-state index contributed by atoms with van der Waals surface area (Å²) in [7, 11) is 0. The predicted molar refractivity (Wildman–Crippen MR) is 59.7 cm³/mol. The highest BCUT2D eigenvalue weighted by Gasteiger charge is 2.20. The predicted octanol–water partition coefficient (Wildman–Crippen LogP) is 3.57. The fraction of sp³-hybridized carbons (Fsp3) is 0.182. The first-order valence-corrected chi connectivity index (χ1v) is 5.10. The van der Waals surface area contributed by atoms with Crippen molar-refractivity contribution in [2.24, 2.45) is 0 Å². The summed E-state index contributed by atoms with van der Waals surface area (Å²) in [5.41, 5.74) is 1.22. The molecule has 0 N–H and O–H groups in total. The first-order chi connectivity index (χ1) is 6.58. The SMILES string of the molecule is CC1(Br)C=Cc2cccnc2C(F)=C1. The van der Waals surface area contributed by atoms with E-state index >= 15 is 0 Å². The van der Waals surface area contributed by atoms with Gasteiger partial charge in [-0.05, 0) is 19.1 Å². The Hall–Kier alpha value is -0.960. The summed E-state index contributed by atoms with van der Waals surface area (Å²) in [6, 6.07) is 3.65. The van der Waals surface area contributed by atoms with Crippen LogP contribution in [0.15, 0.2) is 30.5 Å². The molecular formula is C11H9BrFN. The summed E-state index contributed by atoms with van der Waals surface area (Å²) in [5.74, 6) is -0.287. The lowest BCUT2D eigenvalue weighted by molar-refractivity contribution is 0.744. The fourth-order valence-electron chi connectivity index (χ4n) is 1.37. The van der Waals surface area contributed by atoms with Crippen molar-refractivity contribution >= 4 is 27.8 Å². The van der Waals surface area contributed by atoms with Gasteiger partial charge in [0.1, 0.15) is 11.5 Å². The molecule has 1 aromatic heterocycles. The molecule has 0 bridgehead atoms. The van der Waals surface area contributed by atoms with Gasteiger partial charge in [0.15, 0.2) is 0 Å². The van der Waals surface area contributed by atoms with Crippen LogP contribution in [0.4, 0.5) is 4.39 Å². The van der Waals surface area contributed by atoms with E-state index in [0.717, 1.165) is 5.56 Å². The summed E-state index contributed by atoms with van der Waals surface area (Å²) in [6.45, 7) is 1.88. The van der Waals surface area contributed by atoms with Crippen molar-refractivity contribution in [2.75, 3.05) is 0 Å². The van der Waals surface area contributed by atoms with E-state index in [0.29, 0.717) is 5.69 Å². The van der Waals surface area contributed by atoms with Crippen molar-refractivity contribution in [3.05, 3.63) is 41.7 Å². The molecule has 2 rings (SSSR count). The number of fused-ring (bicyclic) bond motifs is 1. The molecule has 0 fully saturated rings. The minimum absolute atomic E-state index is 0.287. The standard InChI is InChI=1S/C11H9BrFN/c1-11(12)5-4-8-3-2-6-14-10(8)9(13)7-11/h2-7H,1H3. The van der Waals surface area contributed by atoms with Crippen LogP contribution in [-0.2, 0) is 0 Å². The number of pyridine rings is 1. The van der Waals surface area contributed by atoms with Crippen LogP contribution in [0.1, 0.15) is 18.2 Å². The van der Waals surface area contributed by atoms with Crippen molar-refractivity contribution < 1.29 is 4.39 Å². The van der Waals surface area contributed by atoms with Crippen molar-refractivity contribution in [1.29, 1.82) is 0 Å². The van der Waals surface area contributed by atoms with Gasteiger partial charge in [-0.2, -0.15) is 0 Å². The minimum Gasteiger partial charge on any atom is -0.253 e. The van der Waals surface area contributed by atoms with E-state index in [1.54, 1.807) is 12.3 Å². The van der Waals surface area contributed by atoms with Gasteiger partial charge in [-0.1, -0.05) is 34.1 Å². The number of allylic oxidation sites excluding steroid dienone is 2. The molecule has 0 amide bonds. The Bertz CT molecular complexity index is 421. The van der Waals surface area contributed by atoms with Gasteiger partial charge in [0.25, 0.3) is 0 Å². The first kappa shape index (κ1) is 9.59. The Kier molecular flexibility index (Phi) is 2.27. The smallest absolute Gasteiger partial charge is 0.147 e. The highest BCUT2D eigenvalue weighted by atomic mass is 79.9. The van der Waals surface area contributed by atoms with Gasteiger partial charge in [-0.25, -0.2) is 4.39 Å². The molecule has 0 radical (unpaired) electrons. The lowest BCUT2D eigenvalue weighted by atomic mass is 10.1. The zero-order valence-electron chi connectivity index (χ0n) is 7.67. The topological polar surface area (TPSA) is 12.9 Å². The summed E-state index contributed by atoms with van der Waals surface area (Å²) in [6.07, 6.45) is 6.89. The maximum atomic E-state index is 13.7. The summed E-state index contributed by atoms with van der Waals surface area (Å²) < 4.78 is 13.2. The Morgan fingerprint density at radius 1 is 1.50 bits per heavy atom. The number of alkyl halides is 1. The molecule has 1 aromatic rings. The monoisotopic (exact) mass is 253 g/mol. The maximum Gasteiger partial charge on any atom is 0.147 e. The van der Waals surface area contributed by atoms with Gasteiger partial charge < -0.3 is 0 Å². The first-order valence-electron chi connectivity index (χ1n) is 4.30. The summed E-state index contributed by atoms with van der Waals surface area (Å²) in [4.78, 5) is 4.01. The maximum absolute atomic E-state index is 13.7. The van der Waals surface area contributed by atoms with Gasteiger partial charge >= 0.3 is 0 Å². The van der Waals surface area contributed by atoms with Gasteiger partial charge in [-0.3, -0.25) is 4.98 Å². The molecular weight excluding hydrogens is 245 g/mol. The van der Waals surface area contributed by atoms with Crippen LogP contribution in [0.25, 0.3) is 11.9 Å². The molecule has 0 aromatic carbocycles. The van der Waals surface area contributed by atoms with Crippen LogP contribution < -0.4 is 0 Å². The molecule has 0 saturated carbocycles. The van der Waals surface area contributed by atoms with Gasteiger partial charge in [0, 0.05) is 11.8 Å². The second-order valence-electron chi connectivity index (χ2n) is 3.42. The molecule has 1 atom stereocenters. The van der Waals surface area contributed by atoms with Gasteiger partial charge in [-0.15, -0.1) is 0 Å². The average Bonchev–Trinajstić information content (AvgIpc) is 2.24. The van der Waals surface area contributed by atoms with Crippen LogP contribution >= 0.6 is 15.9 Å². The Morgan fingerprint density at radius 2 is 2.29 bits per heavy atom. The van der Waals surface area contributed by atoms with E-state index in [1.807, 2.05) is 25.1 Å².